The van der Waals surface area contributed by atoms with Crippen LogP contribution in [0.1, 0.15) is 58.5 Å². The highest BCUT2D eigenvalue weighted by Crippen LogP contribution is 2.31. The summed E-state index contributed by atoms with van der Waals surface area (Å²) >= 11 is 0. The molecule has 164 valence electrons. The minimum absolute atomic E-state index is 0.135. The minimum Gasteiger partial charge on any atom is -0.394 e. The van der Waals surface area contributed by atoms with Crippen LogP contribution in [0.15, 0.2) is 73.1 Å². The van der Waals surface area contributed by atoms with E-state index in [0.29, 0.717) is 16.7 Å². The van der Waals surface area contributed by atoms with Crippen LogP contribution in [0.3, 0.4) is 0 Å². The van der Waals surface area contributed by atoms with Crippen LogP contribution in [0.25, 0.3) is 11.1 Å². The number of hydrogen-bond donors (Lipinski definition) is 3. The Labute approximate surface area is 187 Å². The van der Waals surface area contributed by atoms with E-state index < -0.39 is 6.04 Å². The molecule has 3 N–H and O–H groups in total. The highest BCUT2D eigenvalue weighted by atomic mass is 16.3. The van der Waals surface area contributed by atoms with E-state index in [0.717, 1.165) is 30.4 Å². The predicted octanol–water partition coefficient (Wildman–Crippen LogP) is 3.88. The number of nitrogens with one attached hydrogen (secondary N) is 2. The molecule has 1 atom stereocenters. The van der Waals surface area contributed by atoms with Gasteiger partial charge < -0.3 is 15.7 Å². The zero-order valence-electron chi connectivity index (χ0n) is 18.0. The first kappa shape index (κ1) is 21.7. The Morgan fingerprint density at radius 2 is 1.66 bits per heavy atom. The molecule has 6 nitrogen and oxygen atoms in total. The molecule has 0 saturated heterocycles. The Hall–Kier alpha value is -3.51. The van der Waals surface area contributed by atoms with Crippen molar-refractivity contribution in [3.8, 4) is 11.1 Å². The van der Waals surface area contributed by atoms with Crippen LogP contribution in [-0.2, 0) is 0 Å². The molecule has 0 unspecified atom stereocenters. The van der Waals surface area contributed by atoms with E-state index >= 15 is 0 Å². The first-order valence-corrected chi connectivity index (χ1v) is 10.8. The molecule has 6 heteroatoms. The van der Waals surface area contributed by atoms with Gasteiger partial charge in [0.2, 0.25) is 0 Å². The van der Waals surface area contributed by atoms with Crippen molar-refractivity contribution in [1.29, 1.82) is 0 Å². The monoisotopic (exact) mass is 429 g/mol. The molecule has 1 aliphatic rings. The normalized spacial score (nSPS) is 15.3. The van der Waals surface area contributed by atoms with Crippen LogP contribution in [0, 0.1) is 0 Å². The molecule has 3 aromatic rings. The second-order valence-corrected chi connectivity index (χ2v) is 8.52. The molecular formula is C26H27N3O3. The lowest BCUT2D eigenvalue weighted by molar-refractivity contribution is 0.0850. The lowest BCUT2D eigenvalue weighted by Gasteiger charge is -2.39. The fourth-order valence-electron chi connectivity index (χ4n) is 3.91. The average Bonchev–Trinajstić information content (AvgIpc) is 2.82. The van der Waals surface area contributed by atoms with Crippen LogP contribution in [0.4, 0.5) is 0 Å². The van der Waals surface area contributed by atoms with Gasteiger partial charge in [0.15, 0.2) is 0 Å². The number of benzene rings is 2. The first-order chi connectivity index (χ1) is 15.5. The SMILES string of the molecule is CC1(NC(=O)c2cccc([C@@H](CO)NC(=O)c3ccc(-c4ccncc4)cc3)c2)CCC1. The molecule has 0 radical (unpaired) electrons. The van der Waals surface area contributed by atoms with Gasteiger partial charge in [0.1, 0.15) is 0 Å². The molecule has 1 heterocycles. The summed E-state index contributed by atoms with van der Waals surface area (Å²) in [6, 6.07) is 17.5. The van der Waals surface area contributed by atoms with Crippen molar-refractivity contribution >= 4 is 11.8 Å². The molecule has 1 saturated carbocycles. The second-order valence-electron chi connectivity index (χ2n) is 8.52. The third-order valence-electron chi connectivity index (χ3n) is 6.07. The number of rotatable bonds is 7. The first-order valence-electron chi connectivity index (χ1n) is 10.8. The van der Waals surface area contributed by atoms with Crippen LogP contribution >= 0.6 is 0 Å². The molecular weight excluding hydrogens is 402 g/mol. The summed E-state index contributed by atoms with van der Waals surface area (Å²) in [4.78, 5) is 29.4. The predicted molar refractivity (Wildman–Crippen MR) is 123 cm³/mol. The Morgan fingerprint density at radius 3 is 2.28 bits per heavy atom. The van der Waals surface area contributed by atoms with Crippen LogP contribution in [-0.4, -0.2) is 34.1 Å². The third-order valence-corrected chi connectivity index (χ3v) is 6.07. The van der Waals surface area contributed by atoms with Gasteiger partial charge in [-0.25, -0.2) is 0 Å². The summed E-state index contributed by atoms with van der Waals surface area (Å²) in [7, 11) is 0. The topological polar surface area (TPSA) is 91.3 Å². The summed E-state index contributed by atoms with van der Waals surface area (Å²) in [6.07, 6.45) is 6.53. The molecule has 0 spiro atoms. The van der Waals surface area contributed by atoms with E-state index in [1.807, 2.05) is 24.3 Å². The van der Waals surface area contributed by atoms with Crippen molar-refractivity contribution < 1.29 is 14.7 Å². The molecule has 0 aliphatic heterocycles. The van der Waals surface area contributed by atoms with Crippen molar-refractivity contribution in [1.82, 2.24) is 15.6 Å². The number of pyridine rings is 1. The number of hydrogen-bond acceptors (Lipinski definition) is 4. The third kappa shape index (κ3) is 4.86. The van der Waals surface area contributed by atoms with Gasteiger partial charge >= 0.3 is 0 Å². The highest BCUT2D eigenvalue weighted by molar-refractivity contribution is 5.96. The largest absolute Gasteiger partial charge is 0.394 e. The maximum atomic E-state index is 12.8. The Bertz CT molecular complexity index is 1090. The number of carbonyl (C=O) groups excluding carboxylic acids is 2. The summed E-state index contributed by atoms with van der Waals surface area (Å²) in [6.45, 7) is 1.78. The van der Waals surface area contributed by atoms with Crippen LogP contribution in [0.5, 0.6) is 0 Å². The summed E-state index contributed by atoms with van der Waals surface area (Å²) in [5.41, 5.74) is 3.56. The van der Waals surface area contributed by atoms with E-state index in [-0.39, 0.29) is 24.0 Å². The highest BCUT2D eigenvalue weighted by Gasteiger charge is 2.33. The van der Waals surface area contributed by atoms with Crippen LogP contribution < -0.4 is 10.6 Å². The van der Waals surface area contributed by atoms with Crippen molar-refractivity contribution in [3.05, 3.63) is 89.7 Å². The number of amides is 2. The molecule has 1 fully saturated rings. The molecule has 1 aromatic heterocycles. The number of aliphatic hydroxyl groups is 1. The van der Waals surface area contributed by atoms with Gasteiger partial charge in [-0.1, -0.05) is 24.3 Å². The average molecular weight is 430 g/mol. The van der Waals surface area contributed by atoms with Gasteiger partial charge in [-0.05, 0) is 79.3 Å². The van der Waals surface area contributed by atoms with Gasteiger partial charge in [-0.3, -0.25) is 14.6 Å². The second kappa shape index (κ2) is 9.32. The van der Waals surface area contributed by atoms with Gasteiger partial charge in [-0.15, -0.1) is 0 Å². The maximum absolute atomic E-state index is 12.8. The Kier molecular flexibility index (Phi) is 6.32. The molecule has 0 bridgehead atoms. The Morgan fingerprint density at radius 1 is 0.969 bits per heavy atom. The minimum atomic E-state index is -0.616. The lowest BCUT2D eigenvalue weighted by Crippen LogP contribution is -2.50. The summed E-state index contributed by atoms with van der Waals surface area (Å²) in [5, 5.41) is 15.9. The molecule has 1 aliphatic carbocycles. The molecule has 2 aromatic carbocycles. The molecule has 2 amide bonds. The van der Waals surface area contributed by atoms with Gasteiger partial charge in [-0.2, -0.15) is 0 Å². The van der Waals surface area contributed by atoms with E-state index in [1.165, 1.54) is 0 Å². The van der Waals surface area contributed by atoms with Gasteiger partial charge in [0, 0.05) is 29.1 Å². The zero-order chi connectivity index (χ0) is 22.6. The molecule has 32 heavy (non-hydrogen) atoms. The number of aromatic nitrogens is 1. The standard InChI is InChI=1S/C26H27N3O3/c1-26(12-3-13-26)29-25(32)22-5-2-4-21(16-22)23(17-30)28-24(31)20-8-6-18(7-9-20)19-10-14-27-15-11-19/h2,4-11,14-16,23,30H,3,12-13,17H2,1H3,(H,28,31)(H,29,32)/t23-/m1/s1. The van der Waals surface area contributed by atoms with E-state index in [4.69, 9.17) is 0 Å². The molecule has 4 rings (SSSR count). The quantitative estimate of drug-likeness (QED) is 0.531. The van der Waals surface area contributed by atoms with Crippen molar-refractivity contribution in [2.75, 3.05) is 6.61 Å². The van der Waals surface area contributed by atoms with Crippen molar-refractivity contribution in [2.45, 2.75) is 37.8 Å². The number of aliphatic hydroxyl groups excluding tert-OH is 1. The smallest absolute Gasteiger partial charge is 0.251 e. The van der Waals surface area contributed by atoms with Crippen molar-refractivity contribution in [3.63, 3.8) is 0 Å². The fraction of sp³-hybridized carbons (Fsp3) is 0.269. The van der Waals surface area contributed by atoms with E-state index in [9.17, 15) is 14.7 Å². The summed E-state index contributed by atoms with van der Waals surface area (Å²) < 4.78 is 0. The number of carbonyl (C=O) groups is 2. The van der Waals surface area contributed by atoms with Gasteiger partial charge in [0.05, 0.1) is 12.6 Å². The Balaban J connectivity index is 1.45. The summed E-state index contributed by atoms with van der Waals surface area (Å²) in [5.74, 6) is -0.425. The van der Waals surface area contributed by atoms with Gasteiger partial charge in [0.25, 0.3) is 11.8 Å². The number of nitrogens with zero attached hydrogens (tertiary/aromatic N) is 1. The van der Waals surface area contributed by atoms with E-state index in [1.54, 1.807) is 48.8 Å². The lowest BCUT2D eigenvalue weighted by atomic mass is 9.78. The fourth-order valence-corrected chi connectivity index (χ4v) is 3.91. The van der Waals surface area contributed by atoms with Crippen LogP contribution in [0.2, 0.25) is 0 Å². The van der Waals surface area contributed by atoms with E-state index in [2.05, 4.69) is 22.5 Å². The van der Waals surface area contributed by atoms with Crippen molar-refractivity contribution in [2.24, 2.45) is 0 Å². The maximum Gasteiger partial charge on any atom is 0.251 e. The zero-order valence-corrected chi connectivity index (χ0v) is 18.0.